The molecule has 0 aliphatic heterocycles. The van der Waals surface area contributed by atoms with Crippen LogP contribution in [0.25, 0.3) is 0 Å². The first-order chi connectivity index (χ1) is 17.0. The van der Waals surface area contributed by atoms with Gasteiger partial charge in [0.15, 0.2) is 0 Å². The summed E-state index contributed by atoms with van der Waals surface area (Å²) in [5.41, 5.74) is 1.88. The van der Waals surface area contributed by atoms with E-state index in [-0.39, 0.29) is 23.7 Å². The zero-order chi connectivity index (χ0) is 24.8. The van der Waals surface area contributed by atoms with Crippen molar-refractivity contribution >= 4 is 23.3 Å². The molecule has 1 amide bonds. The number of carbonyl (C=O) groups excluding carboxylic acids is 3. The summed E-state index contributed by atoms with van der Waals surface area (Å²) >= 11 is 0. The number of hydrogen-bond acceptors (Lipinski definition) is 5. The molecule has 2 aliphatic carbocycles. The van der Waals surface area contributed by atoms with Gasteiger partial charge in [-0.25, -0.2) is 4.79 Å². The van der Waals surface area contributed by atoms with Crippen molar-refractivity contribution in [1.82, 2.24) is 0 Å². The number of amides is 1. The maximum atomic E-state index is 13.9. The molecule has 0 heterocycles. The first kappa shape index (κ1) is 25.0. The monoisotopic (exact) mass is 477 g/mol. The van der Waals surface area contributed by atoms with Crippen LogP contribution in [0.15, 0.2) is 48.5 Å². The number of Topliss-reactive ketones (excluding diaryl/α,β-unsaturated/α-hetero) is 1. The van der Waals surface area contributed by atoms with Gasteiger partial charge < -0.3 is 14.4 Å². The molecule has 2 aliphatic rings. The lowest BCUT2D eigenvalue weighted by Crippen LogP contribution is -2.47. The van der Waals surface area contributed by atoms with Crippen LogP contribution in [0.5, 0.6) is 5.75 Å². The van der Waals surface area contributed by atoms with Gasteiger partial charge in [-0.15, -0.1) is 0 Å². The third-order valence-electron chi connectivity index (χ3n) is 7.36. The van der Waals surface area contributed by atoms with Gasteiger partial charge in [-0.3, -0.25) is 9.59 Å². The normalized spacial score (nSPS) is 20.8. The van der Waals surface area contributed by atoms with Crippen molar-refractivity contribution < 1.29 is 23.9 Å². The molecular weight excluding hydrogens is 442 g/mol. The first-order valence-corrected chi connectivity index (χ1v) is 12.7. The highest BCUT2D eigenvalue weighted by atomic mass is 16.5. The van der Waals surface area contributed by atoms with Crippen molar-refractivity contribution in [3.05, 3.63) is 59.7 Å². The van der Waals surface area contributed by atoms with Crippen molar-refractivity contribution in [3.63, 3.8) is 0 Å². The van der Waals surface area contributed by atoms with Crippen LogP contribution in [0.3, 0.4) is 0 Å². The number of esters is 1. The van der Waals surface area contributed by atoms with Gasteiger partial charge >= 0.3 is 5.97 Å². The number of nitrogens with zero attached hydrogens (tertiary/aromatic N) is 1. The Kier molecular flexibility index (Phi) is 8.21. The highest BCUT2D eigenvalue weighted by molar-refractivity contribution is 6.04. The molecule has 2 aromatic carbocycles. The van der Waals surface area contributed by atoms with Gasteiger partial charge in [0.1, 0.15) is 18.1 Å². The van der Waals surface area contributed by atoms with Crippen LogP contribution in [0, 0.1) is 11.8 Å². The van der Waals surface area contributed by atoms with Crippen LogP contribution >= 0.6 is 0 Å². The number of carbonyl (C=O) groups is 3. The second-order valence-electron chi connectivity index (χ2n) is 9.88. The van der Waals surface area contributed by atoms with Gasteiger partial charge in [0, 0.05) is 24.8 Å². The predicted octanol–water partition coefficient (Wildman–Crippen LogP) is 5.72. The number of rotatable bonds is 7. The Balaban J connectivity index is 1.65. The van der Waals surface area contributed by atoms with Crippen molar-refractivity contribution in [2.24, 2.45) is 11.8 Å². The molecule has 2 saturated carbocycles. The smallest absolute Gasteiger partial charge is 0.340 e. The van der Waals surface area contributed by atoms with E-state index in [0.29, 0.717) is 55.2 Å². The minimum Gasteiger partial charge on any atom is -0.489 e. The standard InChI is InChI=1S/C29H35NO5/c1-20-8-10-22(11-9-20)28(32)30(23-12-14-24(31)15-13-23)27-17-16-25(18-26(27)29(33)34-2)35-19-21-6-4-3-5-7-21/h3-7,16-18,20,22-23H,8-15,19H2,1-2H3. The van der Waals surface area contributed by atoms with E-state index in [2.05, 4.69) is 6.92 Å². The molecule has 0 N–H and O–H groups in total. The number of ketones is 1. The molecule has 0 aromatic heterocycles. The number of methoxy groups -OCH3 is 1. The lowest BCUT2D eigenvalue weighted by Gasteiger charge is -2.38. The summed E-state index contributed by atoms with van der Waals surface area (Å²) in [6, 6.07) is 15.0. The second-order valence-corrected chi connectivity index (χ2v) is 9.88. The Hall–Kier alpha value is -3.15. The highest BCUT2D eigenvalue weighted by Gasteiger charge is 2.36. The topological polar surface area (TPSA) is 72.9 Å². The minimum absolute atomic E-state index is 0.0550. The Bertz CT molecular complexity index is 1030. The molecule has 35 heavy (non-hydrogen) atoms. The van der Waals surface area contributed by atoms with E-state index in [4.69, 9.17) is 9.47 Å². The lowest BCUT2D eigenvalue weighted by atomic mass is 9.81. The quantitative estimate of drug-likeness (QED) is 0.477. The Labute approximate surface area is 207 Å². The summed E-state index contributed by atoms with van der Waals surface area (Å²) in [7, 11) is 1.34. The van der Waals surface area contributed by atoms with Crippen LogP contribution in [0.2, 0.25) is 0 Å². The van der Waals surface area contributed by atoms with Crippen molar-refractivity contribution in [1.29, 1.82) is 0 Å². The van der Waals surface area contributed by atoms with Gasteiger partial charge in [-0.05, 0) is 68.2 Å². The zero-order valence-electron chi connectivity index (χ0n) is 20.7. The third-order valence-corrected chi connectivity index (χ3v) is 7.36. The number of hydrogen-bond donors (Lipinski definition) is 0. The molecule has 2 fully saturated rings. The molecule has 0 bridgehead atoms. The largest absolute Gasteiger partial charge is 0.489 e. The van der Waals surface area contributed by atoms with Crippen LogP contribution in [-0.2, 0) is 20.9 Å². The zero-order valence-corrected chi connectivity index (χ0v) is 20.7. The summed E-state index contributed by atoms with van der Waals surface area (Å²) in [6.45, 7) is 2.60. The predicted molar refractivity (Wildman–Crippen MR) is 134 cm³/mol. The van der Waals surface area contributed by atoms with Crippen LogP contribution < -0.4 is 9.64 Å². The summed E-state index contributed by atoms with van der Waals surface area (Å²) < 4.78 is 11.1. The number of anilines is 1. The molecule has 0 unspecified atom stereocenters. The van der Waals surface area contributed by atoms with E-state index in [1.807, 2.05) is 36.4 Å². The molecule has 0 radical (unpaired) electrons. The summed E-state index contributed by atoms with van der Waals surface area (Å²) in [6.07, 6.45) is 5.92. The molecule has 6 heteroatoms. The summed E-state index contributed by atoms with van der Waals surface area (Å²) in [4.78, 5) is 40.5. The fourth-order valence-corrected chi connectivity index (χ4v) is 5.21. The first-order valence-electron chi connectivity index (χ1n) is 12.7. The van der Waals surface area contributed by atoms with E-state index in [0.717, 1.165) is 31.2 Å². The molecule has 0 atom stereocenters. The Morgan fingerprint density at radius 2 is 1.63 bits per heavy atom. The summed E-state index contributed by atoms with van der Waals surface area (Å²) in [5.74, 6) is 0.884. The van der Waals surface area contributed by atoms with Gasteiger partial charge in [-0.2, -0.15) is 0 Å². The molecule has 186 valence electrons. The lowest BCUT2D eigenvalue weighted by molar-refractivity contribution is -0.125. The van der Waals surface area contributed by atoms with E-state index in [1.165, 1.54) is 7.11 Å². The Morgan fingerprint density at radius 3 is 2.29 bits per heavy atom. The van der Waals surface area contributed by atoms with Crippen LogP contribution in [-0.4, -0.2) is 30.8 Å². The van der Waals surface area contributed by atoms with E-state index < -0.39 is 5.97 Å². The highest BCUT2D eigenvalue weighted by Crippen LogP contribution is 2.36. The minimum atomic E-state index is -0.507. The molecule has 0 spiro atoms. The van der Waals surface area contributed by atoms with E-state index >= 15 is 0 Å². The van der Waals surface area contributed by atoms with E-state index in [1.54, 1.807) is 17.0 Å². The van der Waals surface area contributed by atoms with Gasteiger partial charge in [-0.1, -0.05) is 37.3 Å². The molecule has 4 rings (SSSR count). The van der Waals surface area contributed by atoms with Gasteiger partial charge in [0.05, 0.1) is 18.4 Å². The average Bonchev–Trinajstić information content (AvgIpc) is 2.89. The van der Waals surface area contributed by atoms with Gasteiger partial charge in [0.25, 0.3) is 0 Å². The van der Waals surface area contributed by atoms with Crippen molar-refractivity contribution in [2.45, 2.75) is 70.9 Å². The number of benzene rings is 2. The van der Waals surface area contributed by atoms with E-state index in [9.17, 15) is 14.4 Å². The SMILES string of the molecule is COC(=O)c1cc(OCc2ccccc2)ccc1N(C(=O)C1CCC(C)CC1)C1CCC(=O)CC1. The fraction of sp³-hybridized carbons (Fsp3) is 0.483. The molecular formula is C29H35NO5. The van der Waals surface area contributed by atoms with Crippen LogP contribution in [0.1, 0.15) is 74.2 Å². The fourth-order valence-electron chi connectivity index (χ4n) is 5.21. The summed E-state index contributed by atoms with van der Waals surface area (Å²) in [5, 5.41) is 0. The van der Waals surface area contributed by atoms with Crippen molar-refractivity contribution in [3.8, 4) is 5.75 Å². The average molecular weight is 478 g/mol. The molecule has 2 aromatic rings. The van der Waals surface area contributed by atoms with Crippen molar-refractivity contribution in [2.75, 3.05) is 12.0 Å². The maximum absolute atomic E-state index is 13.9. The number of ether oxygens (including phenoxy) is 2. The third kappa shape index (κ3) is 6.11. The van der Waals surface area contributed by atoms with Crippen LogP contribution in [0.4, 0.5) is 5.69 Å². The maximum Gasteiger partial charge on any atom is 0.340 e. The second kappa shape index (κ2) is 11.5. The molecule has 6 nitrogen and oxygen atoms in total. The Morgan fingerprint density at radius 1 is 0.943 bits per heavy atom. The molecule has 0 saturated heterocycles. The van der Waals surface area contributed by atoms with Gasteiger partial charge in [0.2, 0.25) is 5.91 Å².